The Labute approximate surface area is 148 Å². The first-order valence-electron chi connectivity index (χ1n) is 8.24. The van der Waals surface area contributed by atoms with E-state index in [1.807, 2.05) is 26.0 Å². The molecular formula is C19H24ClNO3. The van der Waals surface area contributed by atoms with Gasteiger partial charge < -0.3 is 9.64 Å². The lowest BCUT2D eigenvalue weighted by molar-refractivity contribution is -0.160. The topological polar surface area (TPSA) is 46.6 Å². The summed E-state index contributed by atoms with van der Waals surface area (Å²) in [6.45, 7) is 8.39. The van der Waals surface area contributed by atoms with E-state index in [2.05, 4.69) is 6.58 Å². The third-order valence-electron chi connectivity index (χ3n) is 4.52. The van der Waals surface area contributed by atoms with Gasteiger partial charge in [-0.25, -0.2) is 0 Å². The summed E-state index contributed by atoms with van der Waals surface area (Å²) in [6.07, 6.45) is 2.46. The first kappa shape index (κ1) is 18.5. The molecule has 1 aliphatic carbocycles. The Balaban J connectivity index is 2.01. The van der Waals surface area contributed by atoms with Gasteiger partial charge in [0.25, 0.3) is 5.91 Å². The van der Waals surface area contributed by atoms with Crippen LogP contribution in [0.15, 0.2) is 36.4 Å². The van der Waals surface area contributed by atoms with Crippen molar-refractivity contribution in [3.8, 4) is 0 Å². The lowest BCUT2D eigenvalue weighted by atomic mass is 9.64. The minimum atomic E-state index is -0.629. The maximum atomic E-state index is 12.6. The molecule has 5 heteroatoms. The number of esters is 1. The largest absolute Gasteiger partial charge is 0.455 e. The summed E-state index contributed by atoms with van der Waals surface area (Å²) < 4.78 is 5.37. The molecule has 1 aliphatic rings. The third-order valence-corrected chi connectivity index (χ3v) is 4.77. The summed E-state index contributed by atoms with van der Waals surface area (Å²) in [5, 5.41) is 0.634. The second-order valence-corrected chi connectivity index (χ2v) is 6.82. The number of amides is 1. The van der Waals surface area contributed by atoms with E-state index < -0.39 is 5.41 Å². The lowest BCUT2D eigenvalue weighted by Gasteiger charge is -2.39. The molecule has 130 valence electrons. The summed E-state index contributed by atoms with van der Waals surface area (Å²) in [7, 11) is 0. The van der Waals surface area contributed by atoms with Gasteiger partial charge >= 0.3 is 5.97 Å². The third kappa shape index (κ3) is 3.99. The lowest BCUT2D eigenvalue weighted by Crippen LogP contribution is -2.45. The first-order chi connectivity index (χ1) is 11.4. The van der Waals surface area contributed by atoms with Crippen LogP contribution in [-0.4, -0.2) is 36.5 Å². The molecule has 0 unspecified atom stereocenters. The Kier molecular flexibility index (Phi) is 6.05. The van der Waals surface area contributed by atoms with Gasteiger partial charge in [-0.15, -0.1) is 0 Å². The second-order valence-electron chi connectivity index (χ2n) is 6.38. The zero-order chi connectivity index (χ0) is 17.7. The Morgan fingerprint density at radius 2 is 1.92 bits per heavy atom. The fraction of sp³-hybridized carbons (Fsp3) is 0.474. The molecule has 0 saturated heterocycles. The van der Waals surface area contributed by atoms with Gasteiger partial charge in [-0.05, 0) is 44.4 Å². The van der Waals surface area contributed by atoms with Gasteiger partial charge in [-0.3, -0.25) is 9.59 Å². The van der Waals surface area contributed by atoms with Crippen molar-refractivity contribution in [2.24, 2.45) is 0 Å². The number of hydrogen-bond donors (Lipinski definition) is 0. The van der Waals surface area contributed by atoms with E-state index >= 15 is 0 Å². The fourth-order valence-corrected chi connectivity index (χ4v) is 3.09. The number of carbonyl (C=O) groups excluding carboxylic acids is 2. The van der Waals surface area contributed by atoms with Gasteiger partial charge in [0.1, 0.15) is 0 Å². The van der Waals surface area contributed by atoms with Gasteiger partial charge in [-0.1, -0.05) is 42.3 Å². The molecule has 1 amide bonds. The standard InChI is InChI=1S/C19H24ClNO3/c1-4-21(12-14(2)3)17(22)13-24-18(23)19(10-5-11-19)15-6-8-16(20)9-7-15/h6-9H,2,4-5,10-13H2,1,3H3. The maximum Gasteiger partial charge on any atom is 0.317 e. The SMILES string of the molecule is C=C(C)CN(CC)C(=O)COC(=O)C1(c2ccc(Cl)cc2)CCC1. The maximum absolute atomic E-state index is 12.6. The molecule has 0 bridgehead atoms. The summed E-state index contributed by atoms with van der Waals surface area (Å²) in [5.41, 5.74) is 1.18. The van der Waals surface area contributed by atoms with E-state index in [4.69, 9.17) is 16.3 Å². The van der Waals surface area contributed by atoms with Crippen LogP contribution in [-0.2, 0) is 19.7 Å². The van der Waals surface area contributed by atoms with Gasteiger partial charge in [0.2, 0.25) is 0 Å². The summed E-state index contributed by atoms with van der Waals surface area (Å²) in [5.74, 6) is -0.518. The molecule has 1 fully saturated rings. The highest BCUT2D eigenvalue weighted by atomic mass is 35.5. The van der Waals surface area contributed by atoms with Crippen LogP contribution in [0.1, 0.15) is 38.7 Å². The molecule has 1 aromatic rings. The Morgan fingerprint density at radius 1 is 1.29 bits per heavy atom. The van der Waals surface area contributed by atoms with Gasteiger partial charge in [0, 0.05) is 18.1 Å². The molecule has 0 aromatic heterocycles. The fourth-order valence-electron chi connectivity index (χ4n) is 2.97. The molecule has 0 radical (unpaired) electrons. The van der Waals surface area contributed by atoms with Crippen LogP contribution in [0.25, 0.3) is 0 Å². The molecule has 1 saturated carbocycles. The van der Waals surface area contributed by atoms with E-state index in [0.29, 0.717) is 18.1 Å². The van der Waals surface area contributed by atoms with Crippen LogP contribution in [0.4, 0.5) is 0 Å². The number of benzene rings is 1. The van der Waals surface area contributed by atoms with E-state index in [1.165, 1.54) is 0 Å². The minimum Gasteiger partial charge on any atom is -0.455 e. The number of ether oxygens (including phenoxy) is 1. The van der Waals surface area contributed by atoms with Crippen molar-refractivity contribution in [2.45, 2.75) is 38.5 Å². The van der Waals surface area contributed by atoms with Gasteiger partial charge in [0.05, 0.1) is 5.41 Å². The Morgan fingerprint density at radius 3 is 2.38 bits per heavy atom. The number of nitrogens with zero attached hydrogens (tertiary/aromatic N) is 1. The monoisotopic (exact) mass is 349 g/mol. The van der Waals surface area contributed by atoms with Gasteiger partial charge in [-0.2, -0.15) is 0 Å². The highest BCUT2D eigenvalue weighted by Crippen LogP contribution is 2.45. The molecule has 24 heavy (non-hydrogen) atoms. The van der Waals surface area contributed by atoms with Crippen molar-refractivity contribution in [1.82, 2.24) is 4.90 Å². The van der Waals surface area contributed by atoms with Crippen LogP contribution in [0, 0.1) is 0 Å². The van der Waals surface area contributed by atoms with Gasteiger partial charge in [0.15, 0.2) is 6.61 Å². The molecule has 4 nitrogen and oxygen atoms in total. The normalized spacial score (nSPS) is 15.3. The molecule has 0 atom stereocenters. The predicted molar refractivity (Wildman–Crippen MR) is 95.0 cm³/mol. The van der Waals surface area contributed by atoms with E-state index in [1.54, 1.807) is 17.0 Å². The average Bonchev–Trinajstić information content (AvgIpc) is 2.50. The summed E-state index contributed by atoms with van der Waals surface area (Å²) >= 11 is 5.92. The highest BCUT2D eigenvalue weighted by Gasteiger charge is 2.47. The zero-order valence-electron chi connectivity index (χ0n) is 14.3. The summed E-state index contributed by atoms with van der Waals surface area (Å²) in [4.78, 5) is 26.5. The average molecular weight is 350 g/mol. The number of carbonyl (C=O) groups is 2. The van der Waals surface area contributed by atoms with Crippen molar-refractivity contribution >= 4 is 23.5 Å². The smallest absolute Gasteiger partial charge is 0.317 e. The van der Waals surface area contributed by atoms with Crippen LogP contribution in [0.5, 0.6) is 0 Å². The number of rotatable bonds is 7. The molecule has 0 aliphatic heterocycles. The van der Waals surface area contributed by atoms with E-state index in [0.717, 1.165) is 30.4 Å². The van der Waals surface area contributed by atoms with Crippen LogP contribution < -0.4 is 0 Å². The molecule has 0 N–H and O–H groups in total. The minimum absolute atomic E-state index is 0.195. The van der Waals surface area contributed by atoms with Crippen molar-refractivity contribution in [2.75, 3.05) is 19.7 Å². The predicted octanol–water partition coefficient (Wildman–Crippen LogP) is 3.73. The number of likely N-dealkylation sites (N-methyl/N-ethyl adjacent to an activating group) is 1. The number of halogens is 1. The van der Waals surface area contributed by atoms with Crippen LogP contribution in [0.2, 0.25) is 5.02 Å². The van der Waals surface area contributed by atoms with Crippen LogP contribution >= 0.6 is 11.6 Å². The molecule has 2 rings (SSSR count). The Hall–Kier alpha value is -1.81. The second kappa shape index (κ2) is 7.84. The van der Waals surface area contributed by atoms with Crippen molar-refractivity contribution in [3.63, 3.8) is 0 Å². The van der Waals surface area contributed by atoms with Crippen molar-refractivity contribution < 1.29 is 14.3 Å². The first-order valence-corrected chi connectivity index (χ1v) is 8.62. The molecular weight excluding hydrogens is 326 g/mol. The highest BCUT2D eigenvalue weighted by molar-refractivity contribution is 6.30. The van der Waals surface area contributed by atoms with E-state index in [-0.39, 0.29) is 18.5 Å². The quantitative estimate of drug-likeness (QED) is 0.556. The molecule has 0 heterocycles. The Bertz CT molecular complexity index is 620. The van der Waals surface area contributed by atoms with Crippen molar-refractivity contribution in [1.29, 1.82) is 0 Å². The number of hydrogen-bond acceptors (Lipinski definition) is 3. The summed E-state index contributed by atoms with van der Waals surface area (Å²) in [6, 6.07) is 7.29. The zero-order valence-corrected chi connectivity index (χ0v) is 15.1. The molecule has 0 spiro atoms. The van der Waals surface area contributed by atoms with Crippen LogP contribution in [0.3, 0.4) is 0 Å². The van der Waals surface area contributed by atoms with E-state index in [9.17, 15) is 9.59 Å². The van der Waals surface area contributed by atoms with Crippen molar-refractivity contribution in [3.05, 3.63) is 47.0 Å². The molecule has 1 aromatic carbocycles.